The molecule has 6 nitrogen and oxygen atoms in total. The Hall–Kier alpha value is -2.28. The number of hydrogen-bond donors (Lipinski definition) is 2. The van der Waals surface area contributed by atoms with Crippen molar-refractivity contribution in [3.63, 3.8) is 0 Å². The van der Waals surface area contributed by atoms with Crippen molar-refractivity contribution in [2.75, 3.05) is 20.4 Å². The van der Waals surface area contributed by atoms with Gasteiger partial charge in [0.25, 0.3) is 0 Å². The Morgan fingerprint density at radius 3 is 2.96 bits per heavy atom. The van der Waals surface area contributed by atoms with Gasteiger partial charge in [-0.1, -0.05) is 6.07 Å². The lowest BCUT2D eigenvalue weighted by molar-refractivity contribution is 0.174. The molecule has 2 N–H and O–H groups in total. The summed E-state index contributed by atoms with van der Waals surface area (Å²) < 4.78 is 10.7. The van der Waals surface area contributed by atoms with E-state index in [0.29, 0.717) is 6.79 Å². The number of hydrogen-bond acceptors (Lipinski definition) is 5. The summed E-state index contributed by atoms with van der Waals surface area (Å²) in [5, 5.41) is 7.68. The highest BCUT2D eigenvalue weighted by molar-refractivity contribution is 7.11. The third-order valence-corrected chi connectivity index (χ3v) is 4.38. The number of benzene rings is 1. The standard InChI is InChI=1S/C16H20N4O2S/c1-11-19-8-13(23-11)9-20-16(17-2)18-6-5-12-3-4-14-15(7-12)22-10-21-14/h3-4,7-8H,5-6,9-10H2,1-2H3,(H2,17,18,20). The second-order valence-electron chi connectivity index (χ2n) is 5.14. The molecule has 0 fully saturated rings. The molecule has 1 aromatic carbocycles. The molecule has 0 saturated carbocycles. The van der Waals surface area contributed by atoms with E-state index < -0.39 is 0 Å². The molecule has 0 unspecified atom stereocenters. The Labute approximate surface area is 139 Å². The summed E-state index contributed by atoms with van der Waals surface area (Å²) in [4.78, 5) is 9.68. The molecule has 0 spiro atoms. The summed E-state index contributed by atoms with van der Waals surface area (Å²) in [6.07, 6.45) is 2.78. The summed E-state index contributed by atoms with van der Waals surface area (Å²) in [6, 6.07) is 6.04. The van der Waals surface area contributed by atoms with Crippen LogP contribution < -0.4 is 20.1 Å². The van der Waals surface area contributed by atoms with E-state index in [-0.39, 0.29) is 0 Å². The number of aromatic nitrogens is 1. The minimum Gasteiger partial charge on any atom is -0.454 e. The van der Waals surface area contributed by atoms with Crippen LogP contribution in [0.15, 0.2) is 29.4 Å². The van der Waals surface area contributed by atoms with Gasteiger partial charge in [-0.3, -0.25) is 4.99 Å². The Morgan fingerprint density at radius 2 is 2.17 bits per heavy atom. The van der Waals surface area contributed by atoms with Gasteiger partial charge in [0.2, 0.25) is 6.79 Å². The van der Waals surface area contributed by atoms with Crippen LogP contribution in [0.1, 0.15) is 15.4 Å². The molecule has 122 valence electrons. The van der Waals surface area contributed by atoms with Crippen LogP contribution in [0.3, 0.4) is 0 Å². The van der Waals surface area contributed by atoms with E-state index in [4.69, 9.17) is 9.47 Å². The Balaban J connectivity index is 1.45. The van der Waals surface area contributed by atoms with Gasteiger partial charge in [0, 0.05) is 24.7 Å². The first-order valence-electron chi connectivity index (χ1n) is 7.49. The largest absolute Gasteiger partial charge is 0.454 e. The summed E-state index contributed by atoms with van der Waals surface area (Å²) in [7, 11) is 1.77. The molecule has 0 bridgehead atoms. The van der Waals surface area contributed by atoms with E-state index in [1.54, 1.807) is 18.4 Å². The Bertz CT molecular complexity index is 699. The highest BCUT2D eigenvalue weighted by Crippen LogP contribution is 2.32. The van der Waals surface area contributed by atoms with Gasteiger partial charge in [0.15, 0.2) is 17.5 Å². The molecule has 1 aliphatic rings. The number of ether oxygens (including phenoxy) is 2. The molecule has 0 amide bonds. The van der Waals surface area contributed by atoms with Gasteiger partial charge >= 0.3 is 0 Å². The minimum absolute atomic E-state index is 0.310. The predicted octanol–water partition coefficient (Wildman–Crippen LogP) is 2.09. The smallest absolute Gasteiger partial charge is 0.231 e. The van der Waals surface area contributed by atoms with Crippen LogP contribution in [0.2, 0.25) is 0 Å². The maximum Gasteiger partial charge on any atom is 0.231 e. The molecule has 2 heterocycles. The van der Waals surface area contributed by atoms with Crippen LogP contribution >= 0.6 is 11.3 Å². The lowest BCUT2D eigenvalue weighted by Crippen LogP contribution is -2.37. The van der Waals surface area contributed by atoms with Gasteiger partial charge in [-0.05, 0) is 31.0 Å². The quantitative estimate of drug-likeness (QED) is 0.648. The SMILES string of the molecule is CN=C(NCCc1ccc2c(c1)OCO2)NCc1cnc(C)s1. The van der Waals surface area contributed by atoms with E-state index in [1.807, 2.05) is 25.3 Å². The fraction of sp³-hybridized carbons (Fsp3) is 0.375. The third kappa shape index (κ3) is 4.13. The van der Waals surface area contributed by atoms with E-state index in [9.17, 15) is 0 Å². The number of aliphatic imine (C=N–C) groups is 1. The van der Waals surface area contributed by atoms with Crippen molar-refractivity contribution in [1.82, 2.24) is 15.6 Å². The molecule has 0 saturated heterocycles. The second-order valence-corrected chi connectivity index (χ2v) is 6.46. The van der Waals surface area contributed by atoms with E-state index in [0.717, 1.165) is 42.0 Å². The summed E-state index contributed by atoms with van der Waals surface area (Å²) in [5.41, 5.74) is 1.20. The van der Waals surface area contributed by atoms with Crippen LogP contribution in [0.5, 0.6) is 11.5 Å². The Morgan fingerprint density at radius 1 is 1.30 bits per heavy atom. The molecule has 7 heteroatoms. The summed E-state index contributed by atoms with van der Waals surface area (Å²) in [6.45, 7) is 3.84. The van der Waals surface area contributed by atoms with E-state index in [1.165, 1.54) is 10.4 Å². The number of thiazole rings is 1. The van der Waals surface area contributed by atoms with Crippen LogP contribution in [0.4, 0.5) is 0 Å². The maximum absolute atomic E-state index is 5.39. The maximum atomic E-state index is 5.39. The van der Waals surface area contributed by atoms with Gasteiger partial charge in [-0.15, -0.1) is 11.3 Å². The average Bonchev–Trinajstić information content (AvgIpc) is 3.18. The zero-order valence-electron chi connectivity index (χ0n) is 13.3. The van der Waals surface area contributed by atoms with Gasteiger partial charge in [0.05, 0.1) is 11.6 Å². The fourth-order valence-corrected chi connectivity index (χ4v) is 3.03. The third-order valence-electron chi connectivity index (χ3n) is 3.47. The lowest BCUT2D eigenvalue weighted by atomic mass is 10.1. The van der Waals surface area contributed by atoms with Crippen LogP contribution in [0, 0.1) is 6.92 Å². The topological polar surface area (TPSA) is 67.8 Å². The zero-order chi connectivity index (χ0) is 16.1. The number of fused-ring (bicyclic) bond motifs is 1. The summed E-state index contributed by atoms with van der Waals surface area (Å²) in [5.74, 6) is 2.43. The molecule has 1 aliphatic heterocycles. The second kappa shape index (κ2) is 7.32. The van der Waals surface area contributed by atoms with Gasteiger partial charge in [-0.2, -0.15) is 0 Å². The average molecular weight is 332 g/mol. The molecule has 0 atom stereocenters. The molecular formula is C16H20N4O2S. The lowest BCUT2D eigenvalue weighted by Gasteiger charge is -2.11. The number of nitrogens with one attached hydrogen (secondary N) is 2. The molecule has 2 aromatic rings. The monoisotopic (exact) mass is 332 g/mol. The van der Waals surface area contributed by atoms with Crippen LogP contribution in [0.25, 0.3) is 0 Å². The highest BCUT2D eigenvalue weighted by atomic mass is 32.1. The van der Waals surface area contributed by atoms with Gasteiger partial charge in [-0.25, -0.2) is 4.98 Å². The van der Waals surface area contributed by atoms with Gasteiger partial charge < -0.3 is 20.1 Å². The molecule has 3 rings (SSSR count). The zero-order valence-corrected chi connectivity index (χ0v) is 14.1. The first-order chi connectivity index (χ1) is 11.2. The van der Waals surface area contributed by atoms with Gasteiger partial charge in [0.1, 0.15) is 0 Å². The summed E-state index contributed by atoms with van der Waals surface area (Å²) >= 11 is 1.69. The van der Waals surface area contributed by atoms with Crippen molar-refractivity contribution in [3.05, 3.63) is 39.8 Å². The molecule has 0 radical (unpaired) electrons. The highest BCUT2D eigenvalue weighted by Gasteiger charge is 2.12. The molecule has 1 aromatic heterocycles. The van der Waals surface area contributed by atoms with E-state index >= 15 is 0 Å². The minimum atomic E-state index is 0.310. The van der Waals surface area contributed by atoms with Crippen molar-refractivity contribution in [2.24, 2.45) is 4.99 Å². The van der Waals surface area contributed by atoms with Crippen molar-refractivity contribution in [2.45, 2.75) is 19.9 Å². The molecule has 23 heavy (non-hydrogen) atoms. The van der Waals surface area contributed by atoms with Crippen molar-refractivity contribution in [1.29, 1.82) is 0 Å². The molecule has 0 aliphatic carbocycles. The fourth-order valence-electron chi connectivity index (χ4n) is 2.30. The first kappa shape index (κ1) is 15.6. The van der Waals surface area contributed by atoms with Crippen LogP contribution in [-0.4, -0.2) is 31.3 Å². The first-order valence-corrected chi connectivity index (χ1v) is 8.30. The number of aryl methyl sites for hydroxylation is 1. The molecular weight excluding hydrogens is 312 g/mol. The number of rotatable bonds is 5. The normalized spacial score (nSPS) is 13.2. The van der Waals surface area contributed by atoms with Crippen molar-refractivity contribution in [3.8, 4) is 11.5 Å². The predicted molar refractivity (Wildman–Crippen MR) is 91.3 cm³/mol. The number of guanidine groups is 1. The number of nitrogens with zero attached hydrogens (tertiary/aromatic N) is 2. The van der Waals surface area contributed by atoms with E-state index in [2.05, 4.69) is 26.7 Å². The Kier molecular flexibility index (Phi) is 4.97. The van der Waals surface area contributed by atoms with Crippen molar-refractivity contribution >= 4 is 17.3 Å². The van der Waals surface area contributed by atoms with Crippen molar-refractivity contribution < 1.29 is 9.47 Å². The van der Waals surface area contributed by atoms with Crippen LogP contribution in [-0.2, 0) is 13.0 Å².